The summed E-state index contributed by atoms with van der Waals surface area (Å²) in [5, 5.41) is 6.06. The molecule has 2 N–H and O–H groups in total. The van der Waals surface area contributed by atoms with Gasteiger partial charge in [-0.1, -0.05) is 29.8 Å². The molecule has 0 bridgehead atoms. The molecular formula is C18H26N2O2S. The van der Waals surface area contributed by atoms with Crippen molar-refractivity contribution < 1.29 is 9.59 Å². The Hall–Kier alpha value is -1.49. The van der Waals surface area contributed by atoms with E-state index in [9.17, 15) is 9.59 Å². The number of nitrogens with one attached hydrogen (secondary N) is 2. The molecule has 1 aliphatic rings. The molecule has 2 rings (SSSR count). The predicted molar refractivity (Wildman–Crippen MR) is 95.6 cm³/mol. The van der Waals surface area contributed by atoms with Crippen LogP contribution in [-0.2, 0) is 16.0 Å². The van der Waals surface area contributed by atoms with Crippen molar-refractivity contribution >= 4 is 23.6 Å². The highest BCUT2D eigenvalue weighted by Crippen LogP contribution is 2.29. The third-order valence-corrected chi connectivity index (χ3v) is 4.97. The zero-order chi connectivity index (χ0) is 16.7. The van der Waals surface area contributed by atoms with E-state index in [1.165, 1.54) is 11.1 Å². The number of hydrogen-bond donors (Lipinski definition) is 2. The number of carbonyl (C=O) groups excluding carboxylic acids is 2. The molecule has 0 unspecified atom stereocenters. The van der Waals surface area contributed by atoms with Crippen molar-refractivity contribution in [2.24, 2.45) is 0 Å². The molecule has 0 spiro atoms. The van der Waals surface area contributed by atoms with Crippen molar-refractivity contribution in [2.45, 2.75) is 44.6 Å². The van der Waals surface area contributed by atoms with Gasteiger partial charge in [-0.15, -0.1) is 0 Å². The van der Waals surface area contributed by atoms with Crippen molar-refractivity contribution in [1.29, 1.82) is 0 Å². The number of rotatable bonds is 8. The number of benzene rings is 1. The monoisotopic (exact) mass is 334 g/mol. The fraction of sp³-hybridized carbons (Fsp3) is 0.556. The molecule has 0 radical (unpaired) electrons. The van der Waals surface area contributed by atoms with Crippen LogP contribution in [0.2, 0.25) is 0 Å². The molecule has 1 saturated heterocycles. The van der Waals surface area contributed by atoms with Crippen molar-refractivity contribution in [3.63, 3.8) is 0 Å². The van der Waals surface area contributed by atoms with Crippen molar-refractivity contribution in [2.75, 3.05) is 18.6 Å². The van der Waals surface area contributed by atoms with Gasteiger partial charge in [-0.25, -0.2) is 0 Å². The Balaban J connectivity index is 1.95. The normalized spacial score (nSPS) is 20.3. The minimum Gasteiger partial charge on any atom is -0.355 e. The Morgan fingerprint density at radius 1 is 1.35 bits per heavy atom. The molecule has 126 valence electrons. The zero-order valence-electron chi connectivity index (χ0n) is 14.0. The molecule has 0 aromatic heterocycles. The van der Waals surface area contributed by atoms with Crippen LogP contribution in [0.4, 0.5) is 0 Å². The van der Waals surface area contributed by atoms with E-state index in [1.54, 1.807) is 11.8 Å². The lowest BCUT2D eigenvalue weighted by atomic mass is 9.85. The Morgan fingerprint density at radius 3 is 2.70 bits per heavy atom. The number of carbonyl (C=O) groups is 2. The molecule has 1 atom stereocenters. The molecule has 0 saturated carbocycles. The van der Waals surface area contributed by atoms with E-state index in [0.717, 1.165) is 18.6 Å². The Labute approximate surface area is 142 Å². The van der Waals surface area contributed by atoms with Crippen LogP contribution in [0.3, 0.4) is 0 Å². The maximum absolute atomic E-state index is 12.0. The largest absolute Gasteiger partial charge is 0.355 e. The van der Waals surface area contributed by atoms with Gasteiger partial charge >= 0.3 is 0 Å². The van der Waals surface area contributed by atoms with E-state index >= 15 is 0 Å². The summed E-state index contributed by atoms with van der Waals surface area (Å²) < 4.78 is 0. The van der Waals surface area contributed by atoms with Crippen LogP contribution >= 0.6 is 11.8 Å². The van der Waals surface area contributed by atoms with Gasteiger partial charge in [0.05, 0.1) is 0 Å². The summed E-state index contributed by atoms with van der Waals surface area (Å²) in [6.45, 7) is 2.77. The topological polar surface area (TPSA) is 58.2 Å². The molecule has 1 aliphatic heterocycles. The van der Waals surface area contributed by atoms with Crippen LogP contribution in [0.1, 0.15) is 36.8 Å². The van der Waals surface area contributed by atoms with Crippen LogP contribution in [0.25, 0.3) is 0 Å². The van der Waals surface area contributed by atoms with Gasteiger partial charge in [0.25, 0.3) is 0 Å². The highest BCUT2D eigenvalue weighted by molar-refractivity contribution is 7.98. The third-order valence-electron chi connectivity index (χ3n) is 4.36. The molecule has 0 aliphatic carbocycles. The standard InChI is InChI=1S/C18H26N2O2S/c1-14-3-5-15(6-4-14)13-18(10-8-17(22)20-18)9-7-16(21)19-11-12-23-2/h3-6H,7-13H2,1-2H3,(H,19,21)(H,20,22)/t18-/m0/s1. The summed E-state index contributed by atoms with van der Waals surface area (Å²) in [6.07, 6.45) is 5.32. The van der Waals surface area contributed by atoms with Crippen LogP contribution in [0.15, 0.2) is 24.3 Å². The van der Waals surface area contributed by atoms with Gasteiger partial charge in [0.15, 0.2) is 0 Å². The number of amides is 2. The van der Waals surface area contributed by atoms with Gasteiger partial charge in [-0.05, 0) is 38.0 Å². The molecular weight excluding hydrogens is 308 g/mol. The van der Waals surface area contributed by atoms with E-state index in [4.69, 9.17) is 0 Å². The van der Waals surface area contributed by atoms with Gasteiger partial charge in [0, 0.05) is 30.7 Å². The quantitative estimate of drug-likeness (QED) is 0.718. The predicted octanol–water partition coefficient (Wildman–Crippen LogP) is 2.45. The van der Waals surface area contributed by atoms with Crippen LogP contribution in [0.5, 0.6) is 0 Å². The molecule has 1 heterocycles. The van der Waals surface area contributed by atoms with Crippen molar-refractivity contribution in [1.82, 2.24) is 10.6 Å². The number of thioether (sulfide) groups is 1. The summed E-state index contributed by atoms with van der Waals surface area (Å²) in [5.41, 5.74) is 2.16. The van der Waals surface area contributed by atoms with E-state index in [0.29, 0.717) is 25.8 Å². The summed E-state index contributed by atoms with van der Waals surface area (Å²) in [4.78, 5) is 23.7. The first-order chi connectivity index (χ1) is 11.0. The van der Waals surface area contributed by atoms with Crippen LogP contribution in [-0.4, -0.2) is 35.9 Å². The third kappa shape index (κ3) is 5.57. The van der Waals surface area contributed by atoms with Gasteiger partial charge in [-0.3, -0.25) is 9.59 Å². The van der Waals surface area contributed by atoms with E-state index in [-0.39, 0.29) is 17.4 Å². The van der Waals surface area contributed by atoms with Gasteiger partial charge in [0.2, 0.25) is 11.8 Å². The average Bonchev–Trinajstić information content (AvgIpc) is 2.89. The van der Waals surface area contributed by atoms with Gasteiger partial charge < -0.3 is 10.6 Å². The van der Waals surface area contributed by atoms with Crippen LogP contribution < -0.4 is 10.6 Å². The Bertz CT molecular complexity index is 544. The molecule has 2 amide bonds. The summed E-state index contributed by atoms with van der Waals surface area (Å²) in [5.74, 6) is 1.10. The molecule has 1 fully saturated rings. The highest BCUT2D eigenvalue weighted by atomic mass is 32.2. The van der Waals surface area contributed by atoms with Crippen molar-refractivity contribution in [3.05, 3.63) is 35.4 Å². The Morgan fingerprint density at radius 2 is 2.09 bits per heavy atom. The van der Waals surface area contributed by atoms with E-state index < -0.39 is 0 Å². The van der Waals surface area contributed by atoms with Gasteiger partial charge in [-0.2, -0.15) is 11.8 Å². The molecule has 5 heteroatoms. The highest BCUT2D eigenvalue weighted by Gasteiger charge is 2.37. The van der Waals surface area contributed by atoms with E-state index in [2.05, 4.69) is 41.8 Å². The van der Waals surface area contributed by atoms with E-state index in [1.807, 2.05) is 6.26 Å². The number of hydrogen-bond acceptors (Lipinski definition) is 3. The fourth-order valence-corrected chi connectivity index (χ4v) is 3.32. The minimum absolute atomic E-state index is 0.0727. The summed E-state index contributed by atoms with van der Waals surface area (Å²) in [7, 11) is 0. The van der Waals surface area contributed by atoms with Crippen LogP contribution in [0, 0.1) is 6.92 Å². The first-order valence-electron chi connectivity index (χ1n) is 8.15. The summed E-state index contributed by atoms with van der Waals surface area (Å²) in [6, 6.07) is 8.41. The number of aryl methyl sites for hydroxylation is 1. The molecule has 23 heavy (non-hydrogen) atoms. The van der Waals surface area contributed by atoms with Gasteiger partial charge in [0.1, 0.15) is 0 Å². The molecule has 1 aromatic rings. The second-order valence-electron chi connectivity index (χ2n) is 6.33. The SMILES string of the molecule is CSCCNC(=O)CC[C@@]1(Cc2ccc(C)cc2)CCC(=O)N1. The average molecular weight is 334 g/mol. The molecule has 1 aromatic carbocycles. The fourth-order valence-electron chi connectivity index (χ4n) is 3.01. The zero-order valence-corrected chi connectivity index (χ0v) is 14.8. The van der Waals surface area contributed by atoms with Crippen molar-refractivity contribution in [3.8, 4) is 0 Å². The second kappa shape index (κ2) is 8.39. The lowest BCUT2D eigenvalue weighted by Gasteiger charge is -2.29. The lowest BCUT2D eigenvalue weighted by molar-refractivity contribution is -0.122. The molecule has 4 nitrogen and oxygen atoms in total. The maximum atomic E-state index is 12.0. The smallest absolute Gasteiger partial charge is 0.220 e. The first-order valence-corrected chi connectivity index (χ1v) is 9.55. The Kier molecular flexibility index (Phi) is 6.51. The minimum atomic E-state index is -0.275. The maximum Gasteiger partial charge on any atom is 0.220 e. The lowest BCUT2D eigenvalue weighted by Crippen LogP contribution is -2.44. The summed E-state index contributed by atoms with van der Waals surface area (Å²) >= 11 is 1.72. The first kappa shape index (κ1) is 17.9. The second-order valence-corrected chi connectivity index (χ2v) is 7.32.